The predicted octanol–water partition coefficient (Wildman–Crippen LogP) is 2.77. The molecule has 120 valence electrons. The Morgan fingerprint density at radius 3 is 2.23 bits per heavy atom. The molecular weight excluding hydrogens is 315 g/mol. The average Bonchev–Trinajstić information content (AvgIpc) is 2.45. The fourth-order valence-electron chi connectivity index (χ4n) is 1.70. The molecule has 0 saturated heterocycles. The molecule has 0 bridgehead atoms. The van der Waals surface area contributed by atoms with Crippen molar-refractivity contribution in [3.8, 4) is 0 Å². The summed E-state index contributed by atoms with van der Waals surface area (Å²) in [4.78, 5) is 20.6. The Kier molecular flexibility index (Phi) is 6.11. The highest BCUT2D eigenvalue weighted by Gasteiger charge is 2.28. The summed E-state index contributed by atoms with van der Waals surface area (Å²) in [6, 6.07) is 0.666. The molecular formula is C12H15FN4O4S. The lowest BCUT2D eigenvalue weighted by Crippen LogP contribution is -2.36. The molecule has 8 nitrogen and oxygen atoms in total. The zero-order valence-corrected chi connectivity index (χ0v) is 12.8. The van der Waals surface area contributed by atoms with Gasteiger partial charge in [0.25, 0.3) is 0 Å². The van der Waals surface area contributed by atoms with Crippen LogP contribution in [0.2, 0.25) is 0 Å². The van der Waals surface area contributed by atoms with Gasteiger partial charge in [-0.25, -0.2) is 4.39 Å². The lowest BCUT2D eigenvalue weighted by molar-refractivity contribution is -0.392. The fourth-order valence-corrected chi connectivity index (χ4v) is 1.86. The van der Waals surface area contributed by atoms with E-state index >= 15 is 0 Å². The molecule has 0 amide bonds. The number of rotatable bonds is 7. The second-order valence-electron chi connectivity index (χ2n) is 4.49. The average molecular weight is 330 g/mol. The summed E-state index contributed by atoms with van der Waals surface area (Å²) in [5.41, 5.74) is -1.79. The number of benzene rings is 1. The number of nitro groups is 2. The molecule has 1 unspecified atom stereocenters. The van der Waals surface area contributed by atoms with Crippen LogP contribution in [-0.2, 0) is 0 Å². The van der Waals surface area contributed by atoms with Crippen LogP contribution in [0.1, 0.15) is 20.3 Å². The third kappa shape index (κ3) is 4.32. The molecule has 0 aliphatic heterocycles. The maximum atomic E-state index is 13.3. The van der Waals surface area contributed by atoms with Gasteiger partial charge in [-0.05, 0) is 13.3 Å². The van der Waals surface area contributed by atoms with Gasteiger partial charge < -0.3 is 10.6 Å². The SMILES string of the molecule is CCCNC(=S)C(C)Nc1c([N+](=O)[O-])cc(F)cc1[N+](=O)[O-]. The fraction of sp³-hybridized carbons (Fsp3) is 0.417. The van der Waals surface area contributed by atoms with Crippen LogP contribution < -0.4 is 10.6 Å². The molecule has 1 rings (SSSR count). The number of hydrogen-bond donors (Lipinski definition) is 2. The number of nitrogens with zero attached hydrogens (tertiary/aromatic N) is 2. The van der Waals surface area contributed by atoms with Crippen molar-refractivity contribution in [3.63, 3.8) is 0 Å². The van der Waals surface area contributed by atoms with Gasteiger partial charge in [-0.3, -0.25) is 20.2 Å². The van der Waals surface area contributed by atoms with Crippen molar-refractivity contribution in [3.05, 3.63) is 38.2 Å². The van der Waals surface area contributed by atoms with Crippen LogP contribution in [0.15, 0.2) is 12.1 Å². The van der Waals surface area contributed by atoms with E-state index in [9.17, 15) is 24.6 Å². The van der Waals surface area contributed by atoms with E-state index in [1.165, 1.54) is 0 Å². The Labute approximate surface area is 131 Å². The molecule has 0 aliphatic rings. The van der Waals surface area contributed by atoms with Gasteiger partial charge in [-0.1, -0.05) is 19.1 Å². The minimum absolute atomic E-state index is 0.356. The van der Waals surface area contributed by atoms with Gasteiger partial charge in [0.05, 0.1) is 33.0 Å². The van der Waals surface area contributed by atoms with Gasteiger partial charge in [0.15, 0.2) is 5.69 Å². The quantitative estimate of drug-likeness (QED) is 0.449. The summed E-state index contributed by atoms with van der Waals surface area (Å²) in [5.74, 6) is -1.05. The van der Waals surface area contributed by atoms with Crippen LogP contribution in [-0.4, -0.2) is 27.4 Å². The van der Waals surface area contributed by atoms with Crippen molar-refractivity contribution >= 4 is 34.3 Å². The lowest BCUT2D eigenvalue weighted by Gasteiger charge is -2.17. The van der Waals surface area contributed by atoms with E-state index in [0.29, 0.717) is 23.7 Å². The van der Waals surface area contributed by atoms with E-state index < -0.39 is 33.1 Å². The second-order valence-corrected chi connectivity index (χ2v) is 4.93. The Balaban J connectivity index is 3.18. The van der Waals surface area contributed by atoms with Crippen LogP contribution >= 0.6 is 12.2 Å². The molecule has 1 atom stereocenters. The summed E-state index contributed by atoms with van der Waals surface area (Å²) in [7, 11) is 0. The van der Waals surface area contributed by atoms with Gasteiger partial charge >= 0.3 is 11.4 Å². The van der Waals surface area contributed by atoms with Gasteiger partial charge in [-0.2, -0.15) is 0 Å². The summed E-state index contributed by atoms with van der Waals surface area (Å²) in [5, 5.41) is 27.5. The largest absolute Gasteiger partial charge is 0.378 e. The van der Waals surface area contributed by atoms with Gasteiger partial charge in [0, 0.05) is 6.54 Å². The first kappa shape index (κ1) is 17.7. The van der Waals surface area contributed by atoms with E-state index in [2.05, 4.69) is 10.6 Å². The first-order valence-corrected chi connectivity index (χ1v) is 6.85. The molecule has 1 aromatic rings. The third-order valence-corrected chi connectivity index (χ3v) is 3.26. The highest BCUT2D eigenvalue weighted by molar-refractivity contribution is 7.80. The second kappa shape index (κ2) is 7.59. The normalized spacial score (nSPS) is 11.6. The molecule has 22 heavy (non-hydrogen) atoms. The van der Waals surface area contributed by atoms with Crippen LogP contribution in [0.25, 0.3) is 0 Å². The summed E-state index contributed by atoms with van der Waals surface area (Å²) in [6.45, 7) is 4.14. The van der Waals surface area contributed by atoms with E-state index in [1.807, 2.05) is 6.92 Å². The molecule has 0 spiro atoms. The summed E-state index contributed by atoms with van der Waals surface area (Å²) >= 11 is 5.10. The topological polar surface area (TPSA) is 110 Å². The summed E-state index contributed by atoms with van der Waals surface area (Å²) < 4.78 is 13.3. The van der Waals surface area contributed by atoms with Crippen molar-refractivity contribution in [1.29, 1.82) is 0 Å². The number of hydrogen-bond acceptors (Lipinski definition) is 6. The Hall–Kier alpha value is -2.36. The van der Waals surface area contributed by atoms with Gasteiger partial charge in [-0.15, -0.1) is 0 Å². The molecule has 1 aromatic carbocycles. The van der Waals surface area contributed by atoms with Crippen LogP contribution in [0.5, 0.6) is 0 Å². The van der Waals surface area contributed by atoms with E-state index in [4.69, 9.17) is 12.2 Å². The molecule has 0 heterocycles. The number of halogens is 1. The molecule has 10 heteroatoms. The molecule has 2 N–H and O–H groups in total. The van der Waals surface area contributed by atoms with E-state index in [1.54, 1.807) is 6.92 Å². The minimum Gasteiger partial charge on any atom is -0.378 e. The Bertz CT molecular complexity index is 576. The molecule has 0 aliphatic carbocycles. The van der Waals surface area contributed by atoms with Crippen molar-refractivity contribution in [1.82, 2.24) is 5.32 Å². The summed E-state index contributed by atoms with van der Waals surface area (Å²) in [6.07, 6.45) is 0.823. The minimum atomic E-state index is -1.05. The standard InChI is InChI=1S/C12H15FN4O4S/c1-3-4-14-12(22)7(2)15-11-9(16(18)19)5-8(13)6-10(11)17(20)21/h5-7,15H,3-4H2,1-2H3,(H,14,22). The van der Waals surface area contributed by atoms with E-state index in [0.717, 1.165) is 6.42 Å². The predicted molar refractivity (Wildman–Crippen MR) is 83.7 cm³/mol. The molecule has 0 fully saturated rings. The van der Waals surface area contributed by atoms with E-state index in [-0.39, 0.29) is 5.69 Å². The van der Waals surface area contributed by atoms with Crippen LogP contribution in [0, 0.1) is 26.0 Å². The Morgan fingerprint density at radius 1 is 1.32 bits per heavy atom. The van der Waals surface area contributed by atoms with Crippen molar-refractivity contribution in [2.24, 2.45) is 0 Å². The highest BCUT2D eigenvalue weighted by Crippen LogP contribution is 2.35. The number of nitro benzene ring substituents is 2. The number of nitrogens with one attached hydrogen (secondary N) is 2. The monoisotopic (exact) mass is 330 g/mol. The maximum Gasteiger partial charge on any atom is 0.302 e. The van der Waals surface area contributed by atoms with Crippen LogP contribution in [0.4, 0.5) is 21.5 Å². The molecule has 0 saturated carbocycles. The maximum absolute atomic E-state index is 13.3. The first-order valence-electron chi connectivity index (χ1n) is 6.44. The van der Waals surface area contributed by atoms with Crippen molar-refractivity contribution in [2.75, 3.05) is 11.9 Å². The Morgan fingerprint density at radius 2 is 1.82 bits per heavy atom. The zero-order valence-electron chi connectivity index (χ0n) is 12.0. The van der Waals surface area contributed by atoms with Crippen molar-refractivity contribution < 1.29 is 14.2 Å². The molecule has 0 aromatic heterocycles. The number of anilines is 1. The zero-order chi connectivity index (χ0) is 16.9. The highest BCUT2D eigenvalue weighted by atomic mass is 32.1. The van der Waals surface area contributed by atoms with Crippen LogP contribution in [0.3, 0.4) is 0 Å². The number of thiocarbonyl (C=S) groups is 1. The lowest BCUT2D eigenvalue weighted by atomic mass is 10.2. The van der Waals surface area contributed by atoms with Crippen molar-refractivity contribution in [2.45, 2.75) is 26.3 Å². The van der Waals surface area contributed by atoms with Gasteiger partial charge in [0.1, 0.15) is 5.82 Å². The third-order valence-electron chi connectivity index (χ3n) is 2.76. The molecule has 0 radical (unpaired) electrons. The smallest absolute Gasteiger partial charge is 0.302 e. The van der Waals surface area contributed by atoms with Gasteiger partial charge in [0.2, 0.25) is 0 Å². The first-order chi connectivity index (χ1) is 10.3.